The fourth-order valence-corrected chi connectivity index (χ4v) is 1.08. The molecule has 0 saturated heterocycles. The number of hydrogen-bond donors (Lipinski definition) is 3. The van der Waals surface area contributed by atoms with Crippen molar-refractivity contribution in [3.8, 4) is 0 Å². The van der Waals surface area contributed by atoms with Crippen molar-refractivity contribution >= 4 is 11.8 Å². The number of nitrogens with zero attached hydrogens (tertiary/aromatic N) is 2. The summed E-state index contributed by atoms with van der Waals surface area (Å²) < 4.78 is 13.2. The zero-order chi connectivity index (χ0) is 11.4. The van der Waals surface area contributed by atoms with Gasteiger partial charge in [-0.3, -0.25) is 0 Å². The molecule has 0 fully saturated rings. The molecule has 1 unspecified atom stereocenters. The van der Waals surface area contributed by atoms with E-state index in [1.807, 2.05) is 13.8 Å². The maximum atomic E-state index is 13.2. The molecule has 0 saturated carbocycles. The first kappa shape index (κ1) is 11.6. The van der Waals surface area contributed by atoms with E-state index in [9.17, 15) is 4.39 Å². The summed E-state index contributed by atoms with van der Waals surface area (Å²) in [4.78, 5) is 7.22. The van der Waals surface area contributed by atoms with Crippen molar-refractivity contribution in [2.45, 2.75) is 19.9 Å². The van der Waals surface area contributed by atoms with Crippen molar-refractivity contribution in [1.82, 2.24) is 9.97 Å². The highest BCUT2D eigenvalue weighted by Gasteiger charge is 2.15. The third kappa shape index (κ3) is 3.02. The minimum Gasteiger partial charge on any atom is -0.394 e. The lowest BCUT2D eigenvalue weighted by atomic mass is 10.1. The van der Waals surface area contributed by atoms with Crippen molar-refractivity contribution in [3.05, 3.63) is 12.0 Å². The van der Waals surface area contributed by atoms with Crippen LogP contribution in [0.4, 0.5) is 16.2 Å². The fraction of sp³-hybridized carbons (Fsp3) is 0.556. The van der Waals surface area contributed by atoms with Gasteiger partial charge in [-0.15, -0.1) is 0 Å². The van der Waals surface area contributed by atoms with Gasteiger partial charge in [0.2, 0.25) is 5.95 Å². The van der Waals surface area contributed by atoms with E-state index in [0.29, 0.717) is 0 Å². The Kier molecular flexibility index (Phi) is 3.79. The van der Waals surface area contributed by atoms with Crippen LogP contribution in [0.3, 0.4) is 0 Å². The molecule has 0 aliphatic rings. The van der Waals surface area contributed by atoms with Crippen LogP contribution < -0.4 is 11.1 Å². The number of aliphatic hydroxyl groups is 1. The Morgan fingerprint density at radius 3 is 2.80 bits per heavy atom. The number of aromatic nitrogens is 2. The van der Waals surface area contributed by atoms with Gasteiger partial charge in [0.15, 0.2) is 11.6 Å². The molecule has 4 N–H and O–H groups in total. The van der Waals surface area contributed by atoms with E-state index >= 15 is 0 Å². The Bertz CT molecular complexity index is 332. The minimum absolute atomic E-state index is 0.000606. The van der Waals surface area contributed by atoms with Crippen LogP contribution in [0.5, 0.6) is 0 Å². The average Bonchev–Trinajstić information content (AvgIpc) is 2.18. The fourth-order valence-electron chi connectivity index (χ4n) is 1.08. The molecule has 0 aromatic carbocycles. The van der Waals surface area contributed by atoms with Crippen LogP contribution in [-0.4, -0.2) is 27.7 Å². The molecule has 84 valence electrons. The summed E-state index contributed by atoms with van der Waals surface area (Å²) in [5, 5.41) is 11.8. The van der Waals surface area contributed by atoms with Gasteiger partial charge in [-0.05, 0) is 5.92 Å². The maximum absolute atomic E-state index is 13.2. The standard InChI is InChI=1S/C9H15FN4O/c1-5(2)7(4-15)13-8-6(10)3-12-9(11)14-8/h3,5,7,15H,4H2,1-2H3,(H3,11,12,13,14). The second kappa shape index (κ2) is 4.88. The Balaban J connectivity index is 2.82. The van der Waals surface area contributed by atoms with Crippen molar-refractivity contribution in [3.63, 3.8) is 0 Å². The average molecular weight is 214 g/mol. The number of aliphatic hydroxyl groups excluding tert-OH is 1. The first-order chi connectivity index (χ1) is 7.04. The summed E-state index contributed by atoms with van der Waals surface area (Å²) in [5.74, 6) is -0.400. The smallest absolute Gasteiger partial charge is 0.222 e. The van der Waals surface area contributed by atoms with E-state index in [2.05, 4.69) is 15.3 Å². The molecule has 0 spiro atoms. The highest BCUT2D eigenvalue weighted by molar-refractivity contribution is 5.40. The highest BCUT2D eigenvalue weighted by atomic mass is 19.1. The van der Waals surface area contributed by atoms with Crippen molar-refractivity contribution in [1.29, 1.82) is 0 Å². The third-order valence-electron chi connectivity index (χ3n) is 2.09. The molecule has 1 atom stereocenters. The molecule has 6 heteroatoms. The van der Waals surface area contributed by atoms with E-state index in [-0.39, 0.29) is 30.3 Å². The quantitative estimate of drug-likeness (QED) is 0.684. The first-order valence-corrected chi connectivity index (χ1v) is 4.70. The van der Waals surface area contributed by atoms with Crippen LogP contribution in [0, 0.1) is 11.7 Å². The summed E-state index contributed by atoms with van der Waals surface area (Å²) in [6, 6.07) is -0.256. The molecule has 1 rings (SSSR count). The molecule has 0 radical (unpaired) electrons. The highest BCUT2D eigenvalue weighted by Crippen LogP contribution is 2.14. The van der Waals surface area contributed by atoms with Gasteiger partial charge in [-0.1, -0.05) is 13.8 Å². The predicted octanol–water partition coefficient (Wildman–Crippen LogP) is 0.627. The largest absolute Gasteiger partial charge is 0.394 e. The van der Waals surface area contributed by atoms with Gasteiger partial charge in [-0.25, -0.2) is 9.37 Å². The summed E-state index contributed by atoms with van der Waals surface area (Å²) in [6.45, 7) is 3.73. The Morgan fingerprint density at radius 1 is 1.60 bits per heavy atom. The second-order valence-electron chi connectivity index (χ2n) is 3.60. The molecule has 1 aromatic rings. The molecule has 0 amide bonds. The molecule has 5 nitrogen and oxygen atoms in total. The zero-order valence-electron chi connectivity index (χ0n) is 8.74. The van der Waals surface area contributed by atoms with Crippen LogP contribution in [0.25, 0.3) is 0 Å². The maximum Gasteiger partial charge on any atom is 0.222 e. The number of rotatable bonds is 4. The van der Waals surface area contributed by atoms with Gasteiger partial charge in [0, 0.05) is 0 Å². The summed E-state index contributed by atoms with van der Waals surface area (Å²) in [5.41, 5.74) is 5.33. The summed E-state index contributed by atoms with van der Waals surface area (Å²) in [6.07, 6.45) is 0.999. The van der Waals surface area contributed by atoms with E-state index in [1.54, 1.807) is 0 Å². The summed E-state index contributed by atoms with van der Waals surface area (Å²) in [7, 11) is 0. The van der Waals surface area contributed by atoms with Gasteiger partial charge >= 0.3 is 0 Å². The van der Waals surface area contributed by atoms with Crippen LogP contribution in [0.15, 0.2) is 6.20 Å². The monoisotopic (exact) mass is 214 g/mol. The normalized spacial score (nSPS) is 12.9. The first-order valence-electron chi connectivity index (χ1n) is 4.70. The van der Waals surface area contributed by atoms with E-state index in [4.69, 9.17) is 10.8 Å². The van der Waals surface area contributed by atoms with Gasteiger partial charge in [0.05, 0.1) is 18.8 Å². The molecule has 1 aromatic heterocycles. The number of nitrogens with one attached hydrogen (secondary N) is 1. The Morgan fingerprint density at radius 2 is 2.27 bits per heavy atom. The number of hydrogen-bond acceptors (Lipinski definition) is 5. The Labute approximate surface area is 87.5 Å². The van der Waals surface area contributed by atoms with Crippen LogP contribution in [0.2, 0.25) is 0 Å². The molecule has 0 aliphatic carbocycles. The van der Waals surface area contributed by atoms with E-state index in [1.165, 1.54) is 0 Å². The minimum atomic E-state index is -0.580. The molecule has 15 heavy (non-hydrogen) atoms. The number of anilines is 2. The number of nitrogen functional groups attached to an aromatic ring is 1. The molecule has 0 bridgehead atoms. The third-order valence-corrected chi connectivity index (χ3v) is 2.09. The van der Waals surface area contributed by atoms with Crippen molar-refractivity contribution in [2.75, 3.05) is 17.7 Å². The summed E-state index contributed by atoms with van der Waals surface area (Å²) >= 11 is 0. The van der Waals surface area contributed by atoms with Crippen molar-refractivity contribution in [2.24, 2.45) is 5.92 Å². The van der Waals surface area contributed by atoms with Crippen LogP contribution >= 0.6 is 0 Å². The molecule has 0 aliphatic heterocycles. The predicted molar refractivity (Wildman–Crippen MR) is 55.7 cm³/mol. The molecular weight excluding hydrogens is 199 g/mol. The lowest BCUT2D eigenvalue weighted by Crippen LogP contribution is -2.30. The number of nitrogens with two attached hydrogens (primary N) is 1. The SMILES string of the molecule is CC(C)C(CO)Nc1nc(N)ncc1F. The Hall–Kier alpha value is -1.43. The lowest BCUT2D eigenvalue weighted by Gasteiger charge is -2.20. The van der Waals surface area contributed by atoms with Gasteiger partial charge < -0.3 is 16.2 Å². The van der Waals surface area contributed by atoms with Crippen LogP contribution in [0.1, 0.15) is 13.8 Å². The molecular formula is C9H15FN4O. The number of halogens is 1. The zero-order valence-corrected chi connectivity index (χ0v) is 8.74. The van der Waals surface area contributed by atoms with E-state index < -0.39 is 5.82 Å². The molecule has 1 heterocycles. The van der Waals surface area contributed by atoms with Crippen LogP contribution in [-0.2, 0) is 0 Å². The van der Waals surface area contributed by atoms with Gasteiger partial charge in [0.25, 0.3) is 0 Å². The van der Waals surface area contributed by atoms with Crippen molar-refractivity contribution < 1.29 is 9.50 Å². The van der Waals surface area contributed by atoms with Gasteiger partial charge in [-0.2, -0.15) is 4.98 Å². The topological polar surface area (TPSA) is 84.1 Å². The van der Waals surface area contributed by atoms with Gasteiger partial charge in [0.1, 0.15) is 0 Å². The van der Waals surface area contributed by atoms with E-state index in [0.717, 1.165) is 6.20 Å². The lowest BCUT2D eigenvalue weighted by molar-refractivity contribution is 0.248. The second-order valence-corrected chi connectivity index (χ2v) is 3.60.